The summed E-state index contributed by atoms with van der Waals surface area (Å²) in [5, 5.41) is 5.87. The van der Waals surface area contributed by atoms with Crippen molar-refractivity contribution in [2.75, 3.05) is 10.6 Å². The van der Waals surface area contributed by atoms with E-state index in [9.17, 15) is 9.59 Å². The van der Waals surface area contributed by atoms with Crippen LogP contribution in [-0.4, -0.2) is 16.8 Å². The first-order chi connectivity index (χ1) is 9.47. The minimum Gasteiger partial charge on any atom is -0.321 e. The number of benzene rings is 1. The number of anilines is 2. The second kappa shape index (κ2) is 5.83. The number of aromatic nitrogens is 1. The van der Waals surface area contributed by atoms with Crippen molar-refractivity contribution in [3.8, 4) is 0 Å². The molecule has 0 radical (unpaired) electrons. The number of nitrogens with zero attached hydrogens (tertiary/aromatic N) is 1. The summed E-state index contributed by atoms with van der Waals surface area (Å²) in [6.45, 7) is 5.08. The SMILES string of the molecule is CC(=O)Nc1nc(C)c(C(=O)Nc2ccccc2C)s1. The zero-order valence-electron chi connectivity index (χ0n) is 11.5. The van der Waals surface area contributed by atoms with Crippen LogP contribution in [0.5, 0.6) is 0 Å². The van der Waals surface area contributed by atoms with Crippen LogP contribution >= 0.6 is 11.3 Å². The molecule has 1 heterocycles. The summed E-state index contributed by atoms with van der Waals surface area (Å²) in [5.74, 6) is -0.421. The molecule has 0 saturated carbocycles. The topological polar surface area (TPSA) is 71.1 Å². The lowest BCUT2D eigenvalue weighted by molar-refractivity contribution is -0.114. The van der Waals surface area contributed by atoms with Gasteiger partial charge in [0.1, 0.15) is 4.88 Å². The molecule has 2 aromatic rings. The number of hydrogen-bond acceptors (Lipinski definition) is 4. The standard InChI is InChI=1S/C14H15N3O2S/c1-8-6-4-5-7-11(8)17-13(19)12-9(2)15-14(20-12)16-10(3)18/h4-7H,1-3H3,(H,17,19)(H,15,16,18). The van der Waals surface area contributed by atoms with Gasteiger partial charge in [0.25, 0.3) is 5.91 Å². The maximum atomic E-state index is 12.2. The lowest BCUT2D eigenvalue weighted by Crippen LogP contribution is -2.12. The lowest BCUT2D eigenvalue weighted by atomic mass is 10.2. The first kappa shape index (κ1) is 14.2. The Bertz CT molecular complexity index is 664. The summed E-state index contributed by atoms with van der Waals surface area (Å²) in [7, 11) is 0. The van der Waals surface area contributed by atoms with E-state index in [-0.39, 0.29) is 11.8 Å². The maximum absolute atomic E-state index is 12.2. The molecule has 0 atom stereocenters. The summed E-state index contributed by atoms with van der Waals surface area (Å²) in [5.41, 5.74) is 2.36. The molecule has 2 N–H and O–H groups in total. The van der Waals surface area contributed by atoms with E-state index < -0.39 is 0 Å². The summed E-state index contributed by atoms with van der Waals surface area (Å²) in [6.07, 6.45) is 0. The minimum atomic E-state index is -0.217. The Labute approximate surface area is 121 Å². The van der Waals surface area contributed by atoms with Crippen molar-refractivity contribution >= 4 is 34.0 Å². The average molecular weight is 289 g/mol. The van der Waals surface area contributed by atoms with E-state index in [1.165, 1.54) is 18.3 Å². The monoisotopic (exact) mass is 289 g/mol. The van der Waals surface area contributed by atoms with Crippen LogP contribution < -0.4 is 10.6 Å². The highest BCUT2D eigenvalue weighted by molar-refractivity contribution is 7.17. The van der Waals surface area contributed by atoms with E-state index in [4.69, 9.17) is 0 Å². The molecule has 0 aliphatic rings. The Morgan fingerprint density at radius 1 is 1.15 bits per heavy atom. The number of carbonyl (C=O) groups excluding carboxylic acids is 2. The van der Waals surface area contributed by atoms with Crippen LogP contribution in [0.2, 0.25) is 0 Å². The van der Waals surface area contributed by atoms with Crippen LogP contribution in [0.4, 0.5) is 10.8 Å². The Hall–Kier alpha value is -2.21. The van der Waals surface area contributed by atoms with Crippen LogP contribution in [0, 0.1) is 13.8 Å². The van der Waals surface area contributed by atoms with Gasteiger partial charge in [-0.2, -0.15) is 0 Å². The van der Waals surface area contributed by atoms with Crippen molar-refractivity contribution in [1.82, 2.24) is 4.98 Å². The van der Waals surface area contributed by atoms with Gasteiger partial charge in [-0.25, -0.2) is 4.98 Å². The Morgan fingerprint density at radius 3 is 2.50 bits per heavy atom. The number of hydrogen-bond donors (Lipinski definition) is 2. The molecule has 5 nitrogen and oxygen atoms in total. The molecule has 1 aromatic heterocycles. The van der Waals surface area contributed by atoms with E-state index in [0.29, 0.717) is 15.7 Å². The second-order valence-corrected chi connectivity index (χ2v) is 5.38. The van der Waals surface area contributed by atoms with Gasteiger partial charge in [-0.15, -0.1) is 0 Å². The molecule has 0 bridgehead atoms. The van der Waals surface area contributed by atoms with Gasteiger partial charge < -0.3 is 10.6 Å². The number of carbonyl (C=O) groups is 2. The Balaban J connectivity index is 2.19. The third kappa shape index (κ3) is 3.21. The van der Waals surface area contributed by atoms with Crippen LogP contribution in [0.3, 0.4) is 0 Å². The number of aryl methyl sites for hydroxylation is 2. The van der Waals surface area contributed by atoms with Crippen LogP contribution in [0.1, 0.15) is 27.9 Å². The molecule has 2 amide bonds. The molecule has 0 fully saturated rings. The van der Waals surface area contributed by atoms with Gasteiger partial charge in [-0.3, -0.25) is 9.59 Å². The highest BCUT2D eigenvalue weighted by Crippen LogP contribution is 2.24. The zero-order chi connectivity index (χ0) is 14.7. The number of para-hydroxylation sites is 1. The third-order valence-electron chi connectivity index (χ3n) is 2.68. The predicted octanol–water partition coefficient (Wildman–Crippen LogP) is 2.97. The van der Waals surface area contributed by atoms with Gasteiger partial charge in [0.05, 0.1) is 5.69 Å². The highest BCUT2D eigenvalue weighted by atomic mass is 32.1. The van der Waals surface area contributed by atoms with Crippen LogP contribution in [0.25, 0.3) is 0 Å². The van der Waals surface area contributed by atoms with E-state index in [0.717, 1.165) is 11.3 Å². The predicted molar refractivity (Wildman–Crippen MR) is 80.3 cm³/mol. The van der Waals surface area contributed by atoms with Crippen molar-refractivity contribution in [2.45, 2.75) is 20.8 Å². The number of thiazole rings is 1. The molecular formula is C14H15N3O2S. The number of nitrogens with one attached hydrogen (secondary N) is 2. The molecule has 0 aliphatic heterocycles. The van der Waals surface area contributed by atoms with Gasteiger partial charge >= 0.3 is 0 Å². The quantitative estimate of drug-likeness (QED) is 0.912. The van der Waals surface area contributed by atoms with Crippen LogP contribution in [0.15, 0.2) is 24.3 Å². The molecule has 0 aliphatic carbocycles. The molecule has 0 saturated heterocycles. The summed E-state index contributed by atoms with van der Waals surface area (Å²) in [4.78, 5) is 27.9. The fraction of sp³-hybridized carbons (Fsp3) is 0.214. The van der Waals surface area contributed by atoms with Gasteiger partial charge in [0.15, 0.2) is 5.13 Å². The third-order valence-corrected chi connectivity index (χ3v) is 3.75. The zero-order valence-corrected chi connectivity index (χ0v) is 12.3. The normalized spacial score (nSPS) is 10.2. The fourth-order valence-electron chi connectivity index (χ4n) is 1.70. The van der Waals surface area contributed by atoms with Gasteiger partial charge in [-0.05, 0) is 25.5 Å². The summed E-state index contributed by atoms with van der Waals surface area (Å²) < 4.78 is 0. The Morgan fingerprint density at radius 2 is 1.85 bits per heavy atom. The van der Waals surface area contributed by atoms with Crippen molar-refractivity contribution in [3.05, 3.63) is 40.4 Å². The first-order valence-electron chi connectivity index (χ1n) is 6.09. The molecule has 1 aromatic carbocycles. The smallest absolute Gasteiger partial charge is 0.267 e. The summed E-state index contributed by atoms with van der Waals surface area (Å²) >= 11 is 1.17. The van der Waals surface area contributed by atoms with E-state index in [1.54, 1.807) is 6.92 Å². The van der Waals surface area contributed by atoms with Gasteiger partial charge in [-0.1, -0.05) is 29.5 Å². The van der Waals surface area contributed by atoms with Crippen molar-refractivity contribution in [3.63, 3.8) is 0 Å². The lowest BCUT2D eigenvalue weighted by Gasteiger charge is -2.06. The largest absolute Gasteiger partial charge is 0.321 e. The molecule has 6 heteroatoms. The maximum Gasteiger partial charge on any atom is 0.267 e. The molecule has 104 valence electrons. The van der Waals surface area contributed by atoms with Crippen molar-refractivity contribution in [1.29, 1.82) is 0 Å². The minimum absolute atomic E-state index is 0.204. The molecule has 0 spiro atoms. The number of rotatable bonds is 3. The van der Waals surface area contributed by atoms with Gasteiger partial charge in [0.2, 0.25) is 5.91 Å². The van der Waals surface area contributed by atoms with E-state index >= 15 is 0 Å². The summed E-state index contributed by atoms with van der Waals surface area (Å²) in [6, 6.07) is 7.55. The van der Waals surface area contributed by atoms with Crippen molar-refractivity contribution in [2.24, 2.45) is 0 Å². The molecule has 0 unspecified atom stereocenters. The first-order valence-corrected chi connectivity index (χ1v) is 6.91. The van der Waals surface area contributed by atoms with Crippen molar-refractivity contribution < 1.29 is 9.59 Å². The molecule has 20 heavy (non-hydrogen) atoms. The Kier molecular flexibility index (Phi) is 4.14. The fourth-order valence-corrected chi connectivity index (χ4v) is 2.61. The average Bonchev–Trinajstić information content (AvgIpc) is 2.72. The molecular weight excluding hydrogens is 274 g/mol. The second-order valence-electron chi connectivity index (χ2n) is 4.38. The van der Waals surface area contributed by atoms with Crippen LogP contribution in [-0.2, 0) is 4.79 Å². The van der Waals surface area contributed by atoms with Gasteiger partial charge in [0, 0.05) is 12.6 Å². The molecule has 2 rings (SSSR count). The van der Waals surface area contributed by atoms with E-state index in [1.807, 2.05) is 31.2 Å². The van der Waals surface area contributed by atoms with E-state index in [2.05, 4.69) is 15.6 Å². The number of amides is 2. The highest BCUT2D eigenvalue weighted by Gasteiger charge is 2.16.